The molecule has 0 fully saturated rings. The summed E-state index contributed by atoms with van der Waals surface area (Å²) in [6.45, 7) is 0. The fourth-order valence-corrected chi connectivity index (χ4v) is 1.66. The number of fused-ring (bicyclic) bond motifs is 1. The zero-order valence-electron chi connectivity index (χ0n) is 8.95. The molecule has 4 nitrogen and oxygen atoms in total. The first-order valence-corrected chi connectivity index (χ1v) is 4.82. The van der Waals surface area contributed by atoms with Gasteiger partial charge >= 0.3 is 12.1 Å². The molecule has 0 spiro atoms. The summed E-state index contributed by atoms with van der Waals surface area (Å²) in [5, 5.41) is 8.78. The van der Waals surface area contributed by atoms with Crippen LogP contribution in [0.4, 0.5) is 22.0 Å². The van der Waals surface area contributed by atoms with E-state index in [0.29, 0.717) is 18.3 Å². The second kappa shape index (κ2) is 4.18. The molecule has 0 radical (unpaired) electrons. The molecule has 2 heterocycles. The monoisotopic (exact) mass is 280 g/mol. The van der Waals surface area contributed by atoms with Crippen LogP contribution in [0.15, 0.2) is 18.3 Å². The number of aromatic carboxylic acids is 1. The first-order valence-electron chi connectivity index (χ1n) is 4.82. The van der Waals surface area contributed by atoms with Crippen molar-refractivity contribution in [2.24, 2.45) is 0 Å². The van der Waals surface area contributed by atoms with Crippen molar-refractivity contribution in [3.63, 3.8) is 0 Å². The number of imidazole rings is 1. The van der Waals surface area contributed by atoms with Gasteiger partial charge in [0.1, 0.15) is 11.3 Å². The number of aromatic nitrogens is 2. The van der Waals surface area contributed by atoms with Crippen molar-refractivity contribution in [1.29, 1.82) is 0 Å². The Kier molecular flexibility index (Phi) is 2.91. The molecule has 102 valence electrons. The number of carboxylic acid groups (broad SMARTS) is 1. The van der Waals surface area contributed by atoms with Crippen molar-refractivity contribution in [2.45, 2.75) is 12.6 Å². The number of pyridine rings is 1. The summed E-state index contributed by atoms with van der Waals surface area (Å²) in [6.07, 6.45) is -7.34. The van der Waals surface area contributed by atoms with E-state index < -0.39 is 41.2 Å². The van der Waals surface area contributed by atoms with Crippen LogP contribution in [0.5, 0.6) is 0 Å². The molecule has 0 saturated heterocycles. The van der Waals surface area contributed by atoms with Gasteiger partial charge in [-0.1, -0.05) is 0 Å². The van der Waals surface area contributed by atoms with Gasteiger partial charge in [0, 0.05) is 0 Å². The fraction of sp³-hybridized carbons (Fsp3) is 0.200. The maximum Gasteiger partial charge on any atom is 0.431 e. The quantitative estimate of drug-likeness (QED) is 0.860. The van der Waals surface area contributed by atoms with Gasteiger partial charge in [-0.15, -0.1) is 0 Å². The summed E-state index contributed by atoms with van der Waals surface area (Å²) in [4.78, 5) is 14.2. The normalized spacial score (nSPS) is 12.3. The predicted molar refractivity (Wildman–Crippen MR) is 52.1 cm³/mol. The Labute approximate surface area is 102 Å². The van der Waals surface area contributed by atoms with Crippen molar-refractivity contribution in [3.05, 3.63) is 35.3 Å². The van der Waals surface area contributed by atoms with E-state index in [2.05, 4.69) is 4.98 Å². The van der Waals surface area contributed by atoms with E-state index in [4.69, 9.17) is 5.11 Å². The van der Waals surface area contributed by atoms with Crippen LogP contribution in [0.1, 0.15) is 28.2 Å². The van der Waals surface area contributed by atoms with Gasteiger partial charge in [0.05, 0.1) is 11.8 Å². The number of nitrogens with zero attached hydrogens (tertiary/aromatic N) is 2. The summed E-state index contributed by atoms with van der Waals surface area (Å²) in [5.41, 5.74) is -3.69. The van der Waals surface area contributed by atoms with Crippen LogP contribution >= 0.6 is 0 Å². The number of hydrogen-bond donors (Lipinski definition) is 1. The molecule has 0 saturated carbocycles. The largest absolute Gasteiger partial charge is 0.477 e. The maximum atomic E-state index is 12.7. The Bertz CT molecular complexity index is 647. The van der Waals surface area contributed by atoms with Gasteiger partial charge < -0.3 is 5.11 Å². The molecule has 0 aliphatic carbocycles. The molecule has 0 atom stereocenters. The summed E-state index contributed by atoms with van der Waals surface area (Å²) < 4.78 is 63.7. The summed E-state index contributed by atoms with van der Waals surface area (Å²) in [6, 6.07) is 0.990. The van der Waals surface area contributed by atoms with Gasteiger partial charge in [-0.2, -0.15) is 13.2 Å². The van der Waals surface area contributed by atoms with Crippen molar-refractivity contribution in [2.75, 3.05) is 0 Å². The fourth-order valence-electron chi connectivity index (χ4n) is 1.66. The lowest BCUT2D eigenvalue weighted by Crippen LogP contribution is -2.15. The molecule has 19 heavy (non-hydrogen) atoms. The minimum atomic E-state index is -4.89. The van der Waals surface area contributed by atoms with Gasteiger partial charge in [-0.05, 0) is 12.1 Å². The smallest absolute Gasteiger partial charge is 0.431 e. The second-order valence-corrected chi connectivity index (χ2v) is 3.58. The number of halogens is 5. The minimum absolute atomic E-state index is 0.170. The Balaban J connectivity index is 2.89. The van der Waals surface area contributed by atoms with Crippen molar-refractivity contribution < 1.29 is 31.9 Å². The Morgan fingerprint density at radius 2 is 1.95 bits per heavy atom. The highest BCUT2D eigenvalue weighted by Crippen LogP contribution is 2.33. The first kappa shape index (κ1) is 13.2. The SMILES string of the molecule is O=C(O)c1cnc2c(C(F)F)ccc(C(F)(F)F)n12. The number of carbonyl (C=O) groups is 1. The number of carboxylic acids is 1. The van der Waals surface area contributed by atoms with Crippen LogP contribution in [0.25, 0.3) is 5.65 Å². The van der Waals surface area contributed by atoms with Gasteiger partial charge in [0.25, 0.3) is 6.43 Å². The molecule has 0 aliphatic rings. The minimum Gasteiger partial charge on any atom is -0.477 e. The third-order valence-electron chi connectivity index (χ3n) is 2.43. The number of rotatable bonds is 2. The van der Waals surface area contributed by atoms with Gasteiger partial charge in [-0.25, -0.2) is 18.6 Å². The van der Waals surface area contributed by atoms with E-state index in [1.54, 1.807) is 0 Å². The van der Waals surface area contributed by atoms with Gasteiger partial charge in [0.15, 0.2) is 5.69 Å². The van der Waals surface area contributed by atoms with E-state index >= 15 is 0 Å². The Hall–Kier alpha value is -2.19. The van der Waals surface area contributed by atoms with E-state index in [-0.39, 0.29) is 4.40 Å². The van der Waals surface area contributed by atoms with Crippen LogP contribution in [0, 0.1) is 0 Å². The van der Waals surface area contributed by atoms with Crippen LogP contribution in [0.3, 0.4) is 0 Å². The third-order valence-corrected chi connectivity index (χ3v) is 2.43. The molecular weight excluding hydrogens is 275 g/mol. The average molecular weight is 280 g/mol. The highest BCUT2D eigenvalue weighted by atomic mass is 19.4. The zero-order valence-corrected chi connectivity index (χ0v) is 8.95. The summed E-state index contributed by atoms with van der Waals surface area (Å²) >= 11 is 0. The van der Waals surface area contributed by atoms with E-state index in [1.165, 1.54) is 0 Å². The van der Waals surface area contributed by atoms with Crippen molar-refractivity contribution in [3.8, 4) is 0 Å². The molecule has 1 N–H and O–H groups in total. The van der Waals surface area contributed by atoms with E-state index in [0.717, 1.165) is 0 Å². The number of alkyl halides is 5. The van der Waals surface area contributed by atoms with Crippen LogP contribution in [-0.2, 0) is 6.18 Å². The molecule has 2 aromatic rings. The molecule has 0 aliphatic heterocycles. The molecule has 0 unspecified atom stereocenters. The van der Waals surface area contributed by atoms with Crippen molar-refractivity contribution >= 4 is 11.6 Å². The summed E-state index contributed by atoms with van der Waals surface area (Å²) in [7, 11) is 0. The highest BCUT2D eigenvalue weighted by molar-refractivity contribution is 5.87. The topological polar surface area (TPSA) is 54.6 Å². The average Bonchev–Trinajstić information content (AvgIpc) is 2.69. The Morgan fingerprint density at radius 3 is 2.42 bits per heavy atom. The first-order chi connectivity index (χ1) is 8.73. The molecular formula is C10H5F5N2O2. The molecule has 0 amide bonds. The van der Waals surface area contributed by atoms with Gasteiger partial charge in [-0.3, -0.25) is 4.40 Å². The third kappa shape index (κ3) is 2.11. The van der Waals surface area contributed by atoms with Crippen LogP contribution in [0.2, 0.25) is 0 Å². The Morgan fingerprint density at radius 1 is 1.32 bits per heavy atom. The molecule has 0 bridgehead atoms. The standard InChI is InChI=1S/C10H5F5N2O2/c11-7(12)4-1-2-6(10(13,14)15)17-5(9(18)19)3-16-8(4)17/h1-3,7H,(H,18,19). The molecule has 2 aromatic heterocycles. The van der Waals surface area contributed by atoms with Crippen LogP contribution in [-0.4, -0.2) is 20.5 Å². The highest BCUT2D eigenvalue weighted by Gasteiger charge is 2.36. The number of hydrogen-bond acceptors (Lipinski definition) is 2. The maximum absolute atomic E-state index is 12.7. The zero-order chi connectivity index (χ0) is 14.4. The lowest BCUT2D eigenvalue weighted by molar-refractivity contribution is -0.142. The lowest BCUT2D eigenvalue weighted by atomic mass is 10.2. The van der Waals surface area contributed by atoms with Crippen molar-refractivity contribution in [1.82, 2.24) is 9.38 Å². The lowest BCUT2D eigenvalue weighted by Gasteiger charge is -2.12. The van der Waals surface area contributed by atoms with E-state index in [9.17, 15) is 26.7 Å². The molecule has 9 heteroatoms. The summed E-state index contributed by atoms with van der Waals surface area (Å²) in [5.74, 6) is -1.69. The van der Waals surface area contributed by atoms with E-state index in [1.807, 2.05) is 0 Å². The second-order valence-electron chi connectivity index (χ2n) is 3.58. The predicted octanol–water partition coefficient (Wildman–Crippen LogP) is 2.99. The molecule has 2 rings (SSSR count). The molecule has 0 aromatic carbocycles. The van der Waals surface area contributed by atoms with Gasteiger partial charge in [0.2, 0.25) is 0 Å². The van der Waals surface area contributed by atoms with Crippen LogP contribution < -0.4 is 0 Å².